The highest BCUT2D eigenvalue weighted by atomic mass is 31.2. The van der Waals surface area contributed by atoms with Crippen LogP contribution in [0.3, 0.4) is 0 Å². The van der Waals surface area contributed by atoms with Crippen LogP contribution in [-0.4, -0.2) is 95.9 Å². The van der Waals surface area contributed by atoms with E-state index in [1.54, 1.807) is 0 Å². The first-order chi connectivity index (χ1) is 43.2. The highest BCUT2D eigenvalue weighted by molar-refractivity contribution is 7.47. The minimum Gasteiger partial charge on any atom is -0.463 e. The Morgan fingerprint density at radius 1 is 0.326 bits per heavy atom. The zero-order chi connectivity index (χ0) is 65.3. The number of phosphoric ester groups is 2. The highest BCUT2D eigenvalue weighted by Gasteiger charge is 2.29. The Labute approximate surface area is 536 Å². The van der Waals surface area contributed by atoms with E-state index in [9.17, 15) is 43.5 Å². The largest absolute Gasteiger partial charge is 0.472 e. The van der Waals surface area contributed by atoms with Gasteiger partial charge >= 0.3 is 33.6 Å². The van der Waals surface area contributed by atoms with Crippen LogP contribution in [0.5, 0.6) is 0 Å². The summed E-state index contributed by atoms with van der Waals surface area (Å²) in [7, 11) is -9.81. The molecular formula is C71H114O16P2. The van der Waals surface area contributed by atoms with E-state index in [2.05, 4.69) is 179 Å². The molecule has 18 heteroatoms. The molecule has 0 fully saturated rings. The van der Waals surface area contributed by atoms with Crippen LogP contribution in [0.25, 0.3) is 0 Å². The summed E-state index contributed by atoms with van der Waals surface area (Å²) >= 11 is 0. The number of hydrogen-bond donors (Lipinski definition) is 4. The molecule has 0 bridgehead atoms. The van der Waals surface area contributed by atoms with Gasteiger partial charge in [0.15, 0.2) is 6.10 Å². The van der Waals surface area contributed by atoms with Crippen molar-refractivity contribution in [2.24, 2.45) is 0 Å². The standard InChI is InChI=1S/C71H114O16P2/c1-4-7-10-13-16-19-22-25-27-29-31-32-34-36-37-40-42-45-48-51-54-57-69(74)81-60-66(72)61-83-88(77,78)84-62-67(73)63-85-89(79,80)86-65-68(87-71(76)59-56-53-50-47-44-39-24-21-18-15-12-9-6-3)64-82-70(75)58-55-52-49-46-43-41-38-35-33-30-28-26-23-20-17-14-11-8-5-2/h7-8,10-12,15-17,19-21,24-28,31-33,35-37,41-43,45,66-68,72-73H,4-6,9,13-14,18,22-23,29-30,34,38-40,44,46-65H2,1-3H3,(H,77,78)(H,79,80)/b10-7-,11-8-,15-12-,19-16-,20-17-,24-21-,27-25-,28-26-,32-31-,35-33-,37-36-,43-41-,45-42-. The van der Waals surface area contributed by atoms with Crippen LogP contribution >= 0.6 is 15.6 Å². The summed E-state index contributed by atoms with van der Waals surface area (Å²) < 4.78 is 60.7. The van der Waals surface area contributed by atoms with Crippen molar-refractivity contribution in [2.45, 2.75) is 232 Å². The van der Waals surface area contributed by atoms with Crippen molar-refractivity contribution >= 4 is 33.6 Å². The van der Waals surface area contributed by atoms with Crippen LogP contribution in [-0.2, 0) is 55.8 Å². The third-order valence-electron chi connectivity index (χ3n) is 12.7. The number of phosphoric acid groups is 2. The number of aliphatic hydroxyl groups is 2. The van der Waals surface area contributed by atoms with Crippen LogP contribution in [0.1, 0.15) is 213 Å². The van der Waals surface area contributed by atoms with Crippen molar-refractivity contribution in [3.8, 4) is 0 Å². The minimum absolute atomic E-state index is 0.0734. The van der Waals surface area contributed by atoms with Crippen molar-refractivity contribution in [2.75, 3.05) is 39.6 Å². The Balaban J connectivity index is 4.74. The summed E-state index contributed by atoms with van der Waals surface area (Å²) in [6.45, 7) is 2.22. The summed E-state index contributed by atoms with van der Waals surface area (Å²) in [5.74, 6) is -1.69. The van der Waals surface area contributed by atoms with Crippen LogP contribution in [0, 0.1) is 0 Å². The van der Waals surface area contributed by atoms with Crippen molar-refractivity contribution in [3.05, 3.63) is 158 Å². The molecule has 0 aromatic carbocycles. The second kappa shape index (κ2) is 63.3. The molecule has 0 spiro atoms. The molecule has 0 amide bonds. The fraction of sp³-hybridized carbons (Fsp3) is 0.592. The monoisotopic (exact) mass is 1280 g/mol. The molecule has 504 valence electrons. The Hall–Kier alpha value is -4.83. The number of aliphatic hydroxyl groups excluding tert-OH is 2. The quantitative estimate of drug-likeness (QED) is 0.0146. The predicted molar refractivity (Wildman–Crippen MR) is 362 cm³/mol. The molecule has 0 saturated carbocycles. The summed E-state index contributed by atoms with van der Waals surface area (Å²) in [6, 6.07) is 0. The molecule has 0 aliphatic heterocycles. The fourth-order valence-corrected chi connectivity index (χ4v) is 9.34. The molecule has 0 aromatic rings. The smallest absolute Gasteiger partial charge is 0.463 e. The lowest BCUT2D eigenvalue weighted by Crippen LogP contribution is -2.30. The number of hydrogen-bond acceptors (Lipinski definition) is 14. The molecule has 4 N–H and O–H groups in total. The van der Waals surface area contributed by atoms with Crippen LogP contribution in [0.4, 0.5) is 0 Å². The average Bonchev–Trinajstić information content (AvgIpc) is 3.55. The number of esters is 3. The van der Waals surface area contributed by atoms with Gasteiger partial charge in [-0.25, -0.2) is 9.13 Å². The molecule has 0 heterocycles. The van der Waals surface area contributed by atoms with Gasteiger partial charge in [-0.2, -0.15) is 0 Å². The normalized spacial score (nSPS) is 15.3. The molecule has 0 radical (unpaired) electrons. The van der Waals surface area contributed by atoms with E-state index in [0.29, 0.717) is 19.3 Å². The molecule has 0 saturated heterocycles. The van der Waals surface area contributed by atoms with Gasteiger partial charge in [0.25, 0.3) is 0 Å². The fourth-order valence-electron chi connectivity index (χ4n) is 7.75. The summed E-state index contributed by atoms with van der Waals surface area (Å²) in [6.07, 6.45) is 75.9. The molecule has 0 rings (SSSR count). The van der Waals surface area contributed by atoms with Crippen LogP contribution in [0.15, 0.2) is 158 Å². The molecule has 0 aliphatic rings. The number of allylic oxidation sites excluding steroid dienone is 26. The zero-order valence-electron chi connectivity index (χ0n) is 54.3. The number of unbranched alkanes of at least 4 members (excludes halogenated alkanes) is 11. The first-order valence-corrected chi connectivity index (χ1v) is 35.8. The van der Waals surface area contributed by atoms with E-state index in [0.717, 1.165) is 154 Å². The zero-order valence-corrected chi connectivity index (χ0v) is 56.1. The molecule has 5 atom stereocenters. The molecule has 16 nitrogen and oxygen atoms in total. The number of ether oxygens (including phenoxy) is 3. The second-order valence-corrected chi connectivity index (χ2v) is 24.1. The second-order valence-electron chi connectivity index (χ2n) is 21.1. The Kier molecular flexibility index (Phi) is 59.9. The first-order valence-electron chi connectivity index (χ1n) is 32.8. The van der Waals surface area contributed by atoms with E-state index in [1.165, 1.54) is 0 Å². The maximum Gasteiger partial charge on any atom is 0.472 e. The van der Waals surface area contributed by atoms with E-state index >= 15 is 0 Å². The third kappa shape index (κ3) is 64.5. The van der Waals surface area contributed by atoms with Gasteiger partial charge in [0.1, 0.15) is 25.4 Å². The van der Waals surface area contributed by atoms with Crippen LogP contribution in [0.2, 0.25) is 0 Å². The van der Waals surface area contributed by atoms with Gasteiger partial charge in [-0.15, -0.1) is 0 Å². The van der Waals surface area contributed by atoms with Crippen molar-refractivity contribution in [3.63, 3.8) is 0 Å². The maximum absolute atomic E-state index is 12.9. The van der Waals surface area contributed by atoms with Gasteiger partial charge in [0, 0.05) is 19.3 Å². The Morgan fingerprint density at radius 2 is 0.596 bits per heavy atom. The summed E-state index contributed by atoms with van der Waals surface area (Å²) in [4.78, 5) is 58.3. The number of carbonyl (C=O) groups is 3. The highest BCUT2D eigenvalue weighted by Crippen LogP contribution is 2.45. The molecule has 0 aromatic heterocycles. The van der Waals surface area contributed by atoms with Gasteiger partial charge in [0.05, 0.1) is 26.4 Å². The van der Waals surface area contributed by atoms with E-state index in [4.69, 9.17) is 32.3 Å². The number of rotatable bonds is 60. The van der Waals surface area contributed by atoms with Gasteiger partial charge in [0.2, 0.25) is 0 Å². The summed E-state index contributed by atoms with van der Waals surface area (Å²) in [5, 5.41) is 20.5. The average molecular weight is 1290 g/mol. The first kappa shape index (κ1) is 84.2. The van der Waals surface area contributed by atoms with Crippen molar-refractivity contribution in [1.82, 2.24) is 0 Å². The maximum atomic E-state index is 12.9. The van der Waals surface area contributed by atoms with Gasteiger partial charge in [-0.3, -0.25) is 32.5 Å². The van der Waals surface area contributed by atoms with Gasteiger partial charge in [-0.1, -0.05) is 211 Å². The minimum atomic E-state index is -4.94. The Bertz CT molecular complexity index is 2250. The van der Waals surface area contributed by atoms with Crippen molar-refractivity contribution < 1.29 is 75.8 Å². The van der Waals surface area contributed by atoms with E-state index in [1.807, 2.05) is 0 Å². The Morgan fingerprint density at radius 3 is 0.978 bits per heavy atom. The molecule has 5 unspecified atom stereocenters. The third-order valence-corrected chi connectivity index (χ3v) is 14.6. The lowest BCUT2D eigenvalue weighted by molar-refractivity contribution is -0.161. The topological polar surface area (TPSA) is 231 Å². The molecular weight excluding hydrogens is 1170 g/mol. The van der Waals surface area contributed by atoms with Gasteiger partial charge < -0.3 is 34.2 Å². The lowest BCUT2D eigenvalue weighted by Gasteiger charge is -2.21. The molecule has 89 heavy (non-hydrogen) atoms. The number of carbonyl (C=O) groups excluding carboxylic acids is 3. The summed E-state index contributed by atoms with van der Waals surface area (Å²) in [5.41, 5.74) is 0. The lowest BCUT2D eigenvalue weighted by atomic mass is 10.1. The molecule has 0 aliphatic carbocycles. The van der Waals surface area contributed by atoms with E-state index < -0.39 is 91.5 Å². The van der Waals surface area contributed by atoms with Gasteiger partial charge in [-0.05, 0) is 141 Å². The predicted octanol–water partition coefficient (Wildman–Crippen LogP) is 18.0. The van der Waals surface area contributed by atoms with Crippen molar-refractivity contribution in [1.29, 1.82) is 0 Å². The van der Waals surface area contributed by atoms with Crippen LogP contribution < -0.4 is 0 Å². The van der Waals surface area contributed by atoms with E-state index in [-0.39, 0.29) is 19.3 Å². The SMILES string of the molecule is CC/C=C\C/C=C\C/C=C\C/C=C\C/C=C\C/C=C\CCCCC(=O)OCC(O)COP(=O)(O)OCC(O)COP(=O)(O)OCC(COC(=O)CCCCC/C=C\C/C=C\C/C=C\C/C=C\C/C=C\CC)OC(=O)CCCCCCC/C=C\C/C=C\CCC.